The van der Waals surface area contributed by atoms with Crippen molar-refractivity contribution in [3.63, 3.8) is 0 Å². The van der Waals surface area contributed by atoms with Crippen LogP contribution in [0.1, 0.15) is 30.6 Å². The van der Waals surface area contributed by atoms with E-state index in [1.807, 2.05) is 6.07 Å². The first-order valence-corrected chi connectivity index (χ1v) is 6.18. The van der Waals surface area contributed by atoms with Crippen LogP contribution in [0.3, 0.4) is 0 Å². The van der Waals surface area contributed by atoms with Gasteiger partial charge in [-0.1, -0.05) is 6.07 Å². The van der Waals surface area contributed by atoms with E-state index in [1.54, 1.807) is 6.07 Å². The first-order chi connectivity index (χ1) is 9.49. The van der Waals surface area contributed by atoms with E-state index in [-0.39, 0.29) is 18.9 Å². The number of nitrogens with zero attached hydrogens (tertiary/aromatic N) is 1. The van der Waals surface area contributed by atoms with Crippen molar-refractivity contribution in [3.05, 3.63) is 29.3 Å². The summed E-state index contributed by atoms with van der Waals surface area (Å²) in [6, 6.07) is 6.58. The number of nitrogens with one attached hydrogen (secondary N) is 1. The summed E-state index contributed by atoms with van der Waals surface area (Å²) in [6.07, 6.45) is -1.90. The molecule has 1 aromatic carbocycles. The molecule has 3 N–H and O–H groups in total. The van der Waals surface area contributed by atoms with Gasteiger partial charge in [0, 0.05) is 13.5 Å². The fourth-order valence-electron chi connectivity index (χ4n) is 1.76. The smallest absolute Gasteiger partial charge is 0.216 e. The van der Waals surface area contributed by atoms with E-state index in [4.69, 9.17) is 10.00 Å². The standard InChI is InChI=1S/C14H18N2O4/c1-9(17)16-6-5-12(18)14(19)10-3-4-11(8-15)13(7-10)20-2/h3-4,7,12,14,18-19H,5-6H2,1-2H3,(H,16,17). The lowest BCUT2D eigenvalue weighted by atomic mass is 10.0. The molecule has 6 heteroatoms. The van der Waals surface area contributed by atoms with Gasteiger partial charge in [0.2, 0.25) is 5.91 Å². The molecule has 0 radical (unpaired) electrons. The van der Waals surface area contributed by atoms with Gasteiger partial charge in [-0.3, -0.25) is 4.79 Å². The van der Waals surface area contributed by atoms with Gasteiger partial charge in [0.1, 0.15) is 17.9 Å². The third kappa shape index (κ3) is 4.23. The molecule has 1 amide bonds. The van der Waals surface area contributed by atoms with E-state index in [9.17, 15) is 15.0 Å². The number of carbonyl (C=O) groups excluding carboxylic acids is 1. The van der Waals surface area contributed by atoms with Gasteiger partial charge in [-0.15, -0.1) is 0 Å². The molecule has 108 valence electrons. The number of aliphatic hydroxyl groups is 2. The molecule has 6 nitrogen and oxygen atoms in total. The highest BCUT2D eigenvalue weighted by Gasteiger charge is 2.19. The molecule has 1 aromatic rings. The van der Waals surface area contributed by atoms with Crippen molar-refractivity contribution in [3.8, 4) is 11.8 Å². The third-order valence-electron chi connectivity index (χ3n) is 2.87. The number of hydrogen-bond donors (Lipinski definition) is 3. The molecule has 0 aliphatic carbocycles. The summed E-state index contributed by atoms with van der Waals surface area (Å²) < 4.78 is 5.05. The van der Waals surface area contributed by atoms with Gasteiger partial charge in [-0.25, -0.2) is 0 Å². The summed E-state index contributed by atoms with van der Waals surface area (Å²) in [5.41, 5.74) is 0.812. The van der Waals surface area contributed by atoms with E-state index in [1.165, 1.54) is 26.2 Å². The van der Waals surface area contributed by atoms with Gasteiger partial charge in [0.25, 0.3) is 0 Å². The van der Waals surface area contributed by atoms with Crippen molar-refractivity contribution in [2.75, 3.05) is 13.7 Å². The lowest BCUT2D eigenvalue weighted by Gasteiger charge is -2.19. The van der Waals surface area contributed by atoms with Crippen LogP contribution in [-0.2, 0) is 4.79 Å². The minimum absolute atomic E-state index is 0.188. The van der Waals surface area contributed by atoms with Crippen molar-refractivity contribution in [2.24, 2.45) is 0 Å². The van der Waals surface area contributed by atoms with Crippen LogP contribution in [0.2, 0.25) is 0 Å². The van der Waals surface area contributed by atoms with Crippen LogP contribution in [0.25, 0.3) is 0 Å². The summed E-state index contributed by atoms with van der Waals surface area (Å²) in [7, 11) is 1.43. The largest absolute Gasteiger partial charge is 0.495 e. The first kappa shape index (κ1) is 16.0. The van der Waals surface area contributed by atoms with Crippen LogP contribution in [0.5, 0.6) is 5.75 Å². The topological polar surface area (TPSA) is 103 Å². The zero-order chi connectivity index (χ0) is 15.1. The van der Waals surface area contributed by atoms with Gasteiger partial charge in [-0.2, -0.15) is 5.26 Å². The summed E-state index contributed by atoms with van der Waals surface area (Å²) in [6.45, 7) is 1.66. The van der Waals surface area contributed by atoms with Gasteiger partial charge < -0.3 is 20.3 Å². The van der Waals surface area contributed by atoms with Crippen LogP contribution < -0.4 is 10.1 Å². The Morgan fingerprint density at radius 3 is 2.75 bits per heavy atom. The van der Waals surface area contributed by atoms with Crippen LogP contribution in [0, 0.1) is 11.3 Å². The Kier molecular flexibility index (Phi) is 5.97. The van der Waals surface area contributed by atoms with Crippen molar-refractivity contribution >= 4 is 5.91 Å². The molecular formula is C14H18N2O4. The Morgan fingerprint density at radius 2 is 2.20 bits per heavy atom. The first-order valence-electron chi connectivity index (χ1n) is 6.18. The second-order valence-electron chi connectivity index (χ2n) is 4.36. The number of methoxy groups -OCH3 is 1. The number of aliphatic hydroxyl groups excluding tert-OH is 2. The van der Waals surface area contributed by atoms with Crippen molar-refractivity contribution < 1.29 is 19.7 Å². The van der Waals surface area contributed by atoms with E-state index in [0.717, 1.165) is 0 Å². The van der Waals surface area contributed by atoms with Gasteiger partial charge >= 0.3 is 0 Å². The molecule has 0 aliphatic rings. The van der Waals surface area contributed by atoms with E-state index in [0.29, 0.717) is 16.9 Å². The van der Waals surface area contributed by atoms with Gasteiger partial charge in [0.15, 0.2) is 0 Å². The molecule has 0 saturated carbocycles. The number of rotatable bonds is 6. The number of hydrogen-bond acceptors (Lipinski definition) is 5. The molecule has 2 atom stereocenters. The minimum atomic E-state index is -1.11. The summed E-state index contributed by atoms with van der Waals surface area (Å²) >= 11 is 0. The van der Waals surface area contributed by atoms with Crippen LogP contribution in [0.4, 0.5) is 0 Å². The molecule has 0 aromatic heterocycles. The number of benzene rings is 1. The minimum Gasteiger partial charge on any atom is -0.495 e. The molecule has 0 fully saturated rings. The number of nitriles is 1. The predicted molar refractivity (Wildman–Crippen MR) is 72.0 cm³/mol. The van der Waals surface area contributed by atoms with Gasteiger partial charge in [-0.05, 0) is 24.1 Å². The summed E-state index contributed by atoms with van der Waals surface area (Å²) in [5, 5.41) is 31.3. The van der Waals surface area contributed by atoms with Crippen LogP contribution in [0.15, 0.2) is 18.2 Å². The molecule has 20 heavy (non-hydrogen) atoms. The Labute approximate surface area is 117 Å². The Balaban J connectivity index is 2.73. The Hall–Kier alpha value is -2.10. The fourth-order valence-corrected chi connectivity index (χ4v) is 1.76. The molecular weight excluding hydrogens is 260 g/mol. The molecule has 1 rings (SSSR count). The summed E-state index contributed by atoms with van der Waals surface area (Å²) in [4.78, 5) is 10.7. The highest BCUT2D eigenvalue weighted by Crippen LogP contribution is 2.25. The lowest BCUT2D eigenvalue weighted by Crippen LogP contribution is -2.27. The lowest BCUT2D eigenvalue weighted by molar-refractivity contribution is -0.119. The average Bonchev–Trinajstić information content (AvgIpc) is 2.45. The monoisotopic (exact) mass is 278 g/mol. The molecule has 2 unspecified atom stereocenters. The maximum atomic E-state index is 10.7. The SMILES string of the molecule is COc1cc(C(O)C(O)CCNC(C)=O)ccc1C#N. The normalized spacial score (nSPS) is 13.2. The fraction of sp³-hybridized carbons (Fsp3) is 0.429. The quantitative estimate of drug-likeness (QED) is 0.702. The Bertz CT molecular complexity index is 510. The second kappa shape index (κ2) is 7.48. The van der Waals surface area contributed by atoms with Crippen molar-refractivity contribution in [2.45, 2.75) is 25.6 Å². The van der Waals surface area contributed by atoms with Crippen LogP contribution >= 0.6 is 0 Å². The van der Waals surface area contributed by atoms with Crippen LogP contribution in [-0.4, -0.2) is 35.9 Å². The van der Waals surface area contributed by atoms with Crippen molar-refractivity contribution in [1.82, 2.24) is 5.32 Å². The maximum Gasteiger partial charge on any atom is 0.216 e. The Morgan fingerprint density at radius 1 is 1.50 bits per heavy atom. The predicted octanol–water partition coefficient (Wildman–Crippen LogP) is 0.487. The van der Waals surface area contributed by atoms with E-state index < -0.39 is 12.2 Å². The average molecular weight is 278 g/mol. The zero-order valence-electron chi connectivity index (χ0n) is 11.5. The number of amides is 1. The number of carbonyl (C=O) groups is 1. The highest BCUT2D eigenvalue weighted by molar-refractivity contribution is 5.72. The molecule has 0 aliphatic heterocycles. The number of ether oxygens (including phenoxy) is 1. The molecule has 0 bridgehead atoms. The second-order valence-corrected chi connectivity index (χ2v) is 4.36. The maximum absolute atomic E-state index is 10.7. The van der Waals surface area contributed by atoms with E-state index in [2.05, 4.69) is 5.32 Å². The molecule has 0 saturated heterocycles. The summed E-state index contributed by atoms with van der Waals surface area (Å²) in [5.74, 6) is 0.157. The third-order valence-corrected chi connectivity index (χ3v) is 2.87. The molecule has 0 heterocycles. The zero-order valence-corrected chi connectivity index (χ0v) is 11.5. The van der Waals surface area contributed by atoms with Gasteiger partial charge in [0.05, 0.1) is 18.8 Å². The van der Waals surface area contributed by atoms with E-state index >= 15 is 0 Å². The molecule has 0 spiro atoms. The van der Waals surface area contributed by atoms with Crippen molar-refractivity contribution in [1.29, 1.82) is 5.26 Å². The highest BCUT2D eigenvalue weighted by atomic mass is 16.5.